The topological polar surface area (TPSA) is 112 Å². The van der Waals surface area contributed by atoms with Crippen LogP contribution in [0.1, 0.15) is 12.8 Å². The minimum Gasteiger partial charge on any atom is -0.481 e. The minimum atomic E-state index is -1.04. The second kappa shape index (κ2) is 4.74. The highest BCUT2D eigenvalue weighted by molar-refractivity contribution is 5.99. The van der Waals surface area contributed by atoms with E-state index in [2.05, 4.69) is 10.3 Å². The molecule has 0 radical (unpaired) electrons. The SMILES string of the molecule is O=C(O)CCC(=O)Nc1cccc2oc(=O)[nH]c12. The number of benzene rings is 1. The van der Waals surface area contributed by atoms with E-state index in [1.807, 2.05) is 0 Å². The molecule has 2 aromatic rings. The maximum Gasteiger partial charge on any atom is 0.417 e. The van der Waals surface area contributed by atoms with Gasteiger partial charge >= 0.3 is 11.7 Å². The lowest BCUT2D eigenvalue weighted by Crippen LogP contribution is -2.13. The summed E-state index contributed by atoms with van der Waals surface area (Å²) in [6.07, 6.45) is -0.377. The van der Waals surface area contributed by atoms with E-state index in [0.717, 1.165) is 0 Å². The Morgan fingerprint density at radius 1 is 1.33 bits per heavy atom. The number of amides is 1. The minimum absolute atomic E-state index is 0.131. The summed E-state index contributed by atoms with van der Waals surface area (Å²) in [5, 5.41) is 11.0. The quantitative estimate of drug-likeness (QED) is 0.747. The Balaban J connectivity index is 2.18. The fourth-order valence-electron chi connectivity index (χ4n) is 1.51. The molecule has 0 bridgehead atoms. The zero-order valence-electron chi connectivity index (χ0n) is 9.23. The molecule has 94 valence electrons. The Hall–Kier alpha value is -2.57. The lowest BCUT2D eigenvalue weighted by Gasteiger charge is -2.04. The van der Waals surface area contributed by atoms with Crippen molar-refractivity contribution in [2.45, 2.75) is 12.8 Å². The van der Waals surface area contributed by atoms with Gasteiger partial charge in [0.25, 0.3) is 0 Å². The maximum absolute atomic E-state index is 11.5. The molecule has 1 amide bonds. The van der Waals surface area contributed by atoms with Gasteiger partial charge in [0, 0.05) is 6.42 Å². The van der Waals surface area contributed by atoms with Crippen LogP contribution in [0.25, 0.3) is 11.1 Å². The predicted octanol–water partition coefficient (Wildman–Crippen LogP) is 0.924. The maximum atomic E-state index is 11.5. The zero-order valence-corrected chi connectivity index (χ0v) is 9.23. The van der Waals surface area contributed by atoms with Crippen LogP contribution < -0.4 is 11.1 Å². The first kappa shape index (κ1) is 11.9. The fourth-order valence-corrected chi connectivity index (χ4v) is 1.51. The number of hydrogen-bond acceptors (Lipinski definition) is 4. The summed E-state index contributed by atoms with van der Waals surface area (Å²) >= 11 is 0. The molecule has 0 unspecified atom stereocenters. The van der Waals surface area contributed by atoms with E-state index in [-0.39, 0.29) is 12.8 Å². The number of carbonyl (C=O) groups excluding carboxylic acids is 1. The van der Waals surface area contributed by atoms with Crippen LogP contribution in [0.15, 0.2) is 27.4 Å². The number of aromatic nitrogens is 1. The molecule has 0 spiro atoms. The van der Waals surface area contributed by atoms with Crippen LogP contribution in [0.2, 0.25) is 0 Å². The van der Waals surface area contributed by atoms with Gasteiger partial charge in [0.15, 0.2) is 5.58 Å². The van der Waals surface area contributed by atoms with Gasteiger partial charge in [0.05, 0.1) is 12.1 Å². The number of oxazole rings is 1. The van der Waals surface area contributed by atoms with Crippen molar-refractivity contribution in [1.82, 2.24) is 4.98 Å². The third-order valence-corrected chi connectivity index (χ3v) is 2.30. The monoisotopic (exact) mass is 250 g/mol. The number of anilines is 1. The smallest absolute Gasteiger partial charge is 0.417 e. The molecule has 1 heterocycles. The van der Waals surface area contributed by atoms with E-state index >= 15 is 0 Å². The molecular weight excluding hydrogens is 240 g/mol. The van der Waals surface area contributed by atoms with Crippen LogP contribution in [0, 0.1) is 0 Å². The van der Waals surface area contributed by atoms with Crippen LogP contribution >= 0.6 is 0 Å². The molecule has 2 rings (SSSR count). The number of aliphatic carboxylic acids is 1. The van der Waals surface area contributed by atoms with Gasteiger partial charge in [-0.25, -0.2) is 4.79 Å². The van der Waals surface area contributed by atoms with Crippen molar-refractivity contribution in [3.63, 3.8) is 0 Å². The number of hydrogen-bond donors (Lipinski definition) is 3. The number of carboxylic acids is 1. The van der Waals surface area contributed by atoms with Crippen molar-refractivity contribution in [1.29, 1.82) is 0 Å². The molecule has 0 aliphatic heterocycles. The summed E-state index contributed by atoms with van der Waals surface area (Å²) in [5.41, 5.74) is 1.09. The molecule has 1 aromatic heterocycles. The van der Waals surface area contributed by atoms with E-state index in [0.29, 0.717) is 16.8 Å². The summed E-state index contributed by atoms with van der Waals surface area (Å²) < 4.78 is 4.83. The first-order valence-corrected chi connectivity index (χ1v) is 5.20. The Labute approximate surface area is 100 Å². The molecular formula is C11H10N2O5. The van der Waals surface area contributed by atoms with Crippen LogP contribution in [0.4, 0.5) is 5.69 Å². The third-order valence-electron chi connectivity index (χ3n) is 2.30. The molecule has 0 atom stereocenters. The molecule has 0 aliphatic carbocycles. The molecule has 3 N–H and O–H groups in total. The second-order valence-corrected chi connectivity index (χ2v) is 3.64. The lowest BCUT2D eigenvalue weighted by atomic mass is 10.2. The Bertz CT molecular complexity index is 655. The highest BCUT2D eigenvalue weighted by Crippen LogP contribution is 2.20. The summed E-state index contributed by atoms with van der Waals surface area (Å²) in [4.78, 5) is 35.3. The van der Waals surface area contributed by atoms with Crippen molar-refractivity contribution in [2.24, 2.45) is 0 Å². The van der Waals surface area contributed by atoms with Crippen molar-refractivity contribution in [3.8, 4) is 0 Å². The number of fused-ring (bicyclic) bond motifs is 1. The Morgan fingerprint density at radius 2 is 2.11 bits per heavy atom. The standard InChI is InChI=1S/C11H10N2O5/c14-8(4-5-9(15)16)12-6-2-1-3-7-10(6)13-11(17)18-7/h1-3H,4-5H2,(H,12,14)(H,13,17)(H,15,16). The van der Waals surface area contributed by atoms with Gasteiger partial charge in [-0.3, -0.25) is 14.6 Å². The Morgan fingerprint density at radius 3 is 2.83 bits per heavy atom. The van der Waals surface area contributed by atoms with E-state index in [1.54, 1.807) is 18.2 Å². The predicted molar refractivity (Wildman–Crippen MR) is 62.3 cm³/mol. The highest BCUT2D eigenvalue weighted by atomic mass is 16.4. The number of H-pyrrole nitrogens is 1. The van der Waals surface area contributed by atoms with Crippen molar-refractivity contribution in [3.05, 3.63) is 28.7 Å². The van der Waals surface area contributed by atoms with Crippen LogP contribution in [0.3, 0.4) is 0 Å². The first-order valence-electron chi connectivity index (χ1n) is 5.20. The molecule has 18 heavy (non-hydrogen) atoms. The van der Waals surface area contributed by atoms with Crippen molar-refractivity contribution >= 4 is 28.7 Å². The van der Waals surface area contributed by atoms with E-state index in [9.17, 15) is 14.4 Å². The van der Waals surface area contributed by atoms with E-state index in [4.69, 9.17) is 9.52 Å². The van der Waals surface area contributed by atoms with Gasteiger partial charge in [-0.15, -0.1) is 0 Å². The fraction of sp³-hybridized carbons (Fsp3) is 0.182. The van der Waals surface area contributed by atoms with Gasteiger partial charge in [-0.1, -0.05) is 6.07 Å². The van der Waals surface area contributed by atoms with Crippen molar-refractivity contribution in [2.75, 3.05) is 5.32 Å². The average Bonchev–Trinajstić information content (AvgIpc) is 2.68. The van der Waals surface area contributed by atoms with Crippen LogP contribution in [0.5, 0.6) is 0 Å². The third kappa shape index (κ3) is 2.57. The summed E-state index contributed by atoms with van der Waals surface area (Å²) in [6.45, 7) is 0. The molecule has 0 saturated carbocycles. The first-order chi connectivity index (χ1) is 8.56. The number of rotatable bonds is 4. The molecule has 0 fully saturated rings. The second-order valence-electron chi connectivity index (χ2n) is 3.64. The summed E-state index contributed by atoms with van der Waals surface area (Å²) in [7, 11) is 0. The van der Waals surface area contributed by atoms with Gasteiger partial charge in [0.2, 0.25) is 5.91 Å². The van der Waals surface area contributed by atoms with Gasteiger partial charge in [-0.2, -0.15) is 0 Å². The van der Waals surface area contributed by atoms with Gasteiger partial charge in [-0.05, 0) is 12.1 Å². The molecule has 0 saturated heterocycles. The summed E-state index contributed by atoms with van der Waals surface area (Å²) in [5.74, 6) is -2.09. The zero-order chi connectivity index (χ0) is 13.1. The van der Waals surface area contributed by atoms with Crippen LogP contribution in [-0.2, 0) is 9.59 Å². The number of aromatic amines is 1. The van der Waals surface area contributed by atoms with E-state index < -0.39 is 17.6 Å². The highest BCUT2D eigenvalue weighted by Gasteiger charge is 2.10. The number of para-hydroxylation sites is 1. The van der Waals surface area contributed by atoms with E-state index in [1.165, 1.54) is 0 Å². The largest absolute Gasteiger partial charge is 0.481 e. The molecule has 7 heteroatoms. The molecule has 0 aliphatic rings. The Kier molecular flexibility index (Phi) is 3.13. The van der Waals surface area contributed by atoms with Gasteiger partial charge < -0.3 is 14.8 Å². The number of carboxylic acid groups (broad SMARTS) is 1. The summed E-state index contributed by atoms with van der Waals surface area (Å²) in [6, 6.07) is 4.79. The normalized spacial score (nSPS) is 10.4. The van der Waals surface area contributed by atoms with Crippen LogP contribution in [-0.4, -0.2) is 22.0 Å². The number of carbonyl (C=O) groups is 2. The lowest BCUT2D eigenvalue weighted by molar-refractivity contribution is -0.138. The van der Waals surface area contributed by atoms with Gasteiger partial charge in [0.1, 0.15) is 5.52 Å². The molecule has 1 aromatic carbocycles. The average molecular weight is 250 g/mol. The number of nitrogens with one attached hydrogen (secondary N) is 2. The van der Waals surface area contributed by atoms with Crippen molar-refractivity contribution < 1.29 is 19.1 Å². The molecule has 7 nitrogen and oxygen atoms in total.